The summed E-state index contributed by atoms with van der Waals surface area (Å²) in [5.74, 6) is -1.67. The zero-order valence-electron chi connectivity index (χ0n) is 10.7. The monoisotopic (exact) mass is 291 g/mol. The third-order valence-electron chi connectivity index (χ3n) is 2.69. The predicted octanol–water partition coefficient (Wildman–Crippen LogP) is 3.01. The van der Waals surface area contributed by atoms with Crippen LogP contribution in [0.15, 0.2) is 42.5 Å². The van der Waals surface area contributed by atoms with E-state index in [1.165, 1.54) is 24.3 Å². The molecular weight excluding hydrogens is 281 g/mol. The molecule has 0 spiro atoms. The zero-order chi connectivity index (χ0) is 15.4. The number of hydrogen-bond acceptors (Lipinski definition) is 4. The number of hydrogen-bond donors (Lipinski definition) is 1. The summed E-state index contributed by atoms with van der Waals surface area (Å²) in [6, 6.07) is 9.17. The Balaban J connectivity index is 2.19. The van der Waals surface area contributed by atoms with E-state index in [1.807, 2.05) is 0 Å². The van der Waals surface area contributed by atoms with Crippen molar-refractivity contribution in [2.45, 2.75) is 6.61 Å². The topological polar surface area (TPSA) is 89.7 Å². The number of ether oxygens (including phenoxy) is 1. The van der Waals surface area contributed by atoms with Gasteiger partial charge in [0.05, 0.1) is 11.0 Å². The molecule has 2 aromatic carbocycles. The third kappa shape index (κ3) is 3.53. The van der Waals surface area contributed by atoms with Crippen LogP contribution in [0.4, 0.5) is 10.1 Å². The molecule has 0 amide bonds. The van der Waals surface area contributed by atoms with Crippen LogP contribution in [0.1, 0.15) is 15.9 Å². The van der Waals surface area contributed by atoms with Crippen molar-refractivity contribution in [3.05, 3.63) is 69.5 Å². The van der Waals surface area contributed by atoms with Gasteiger partial charge in [-0.05, 0) is 29.8 Å². The van der Waals surface area contributed by atoms with Gasteiger partial charge in [0.15, 0.2) is 0 Å². The molecule has 0 saturated heterocycles. The van der Waals surface area contributed by atoms with E-state index in [9.17, 15) is 19.3 Å². The number of carbonyl (C=O) groups is 1. The van der Waals surface area contributed by atoms with E-state index in [1.54, 1.807) is 6.07 Å². The van der Waals surface area contributed by atoms with Crippen LogP contribution in [0.25, 0.3) is 0 Å². The highest BCUT2D eigenvalue weighted by Crippen LogP contribution is 2.25. The van der Waals surface area contributed by atoms with Crippen molar-refractivity contribution < 1.29 is 24.0 Å². The van der Waals surface area contributed by atoms with E-state index in [2.05, 4.69) is 0 Å². The average molecular weight is 291 g/mol. The molecule has 0 fully saturated rings. The van der Waals surface area contributed by atoms with Gasteiger partial charge in [-0.25, -0.2) is 9.18 Å². The standard InChI is InChI=1S/C14H10FNO5/c15-10-3-1-2-9(6-10)8-21-11-4-5-12(14(17)18)13(7-11)16(19)20/h1-7H,8H2,(H,17,18). The van der Waals surface area contributed by atoms with Gasteiger partial charge in [0.25, 0.3) is 5.69 Å². The normalized spacial score (nSPS) is 10.1. The van der Waals surface area contributed by atoms with Gasteiger partial charge in [-0.3, -0.25) is 10.1 Å². The molecule has 0 saturated carbocycles. The summed E-state index contributed by atoms with van der Waals surface area (Å²) in [7, 11) is 0. The number of carboxylic acids is 1. The van der Waals surface area contributed by atoms with Crippen LogP contribution in [0.2, 0.25) is 0 Å². The lowest BCUT2D eigenvalue weighted by molar-refractivity contribution is -0.385. The SMILES string of the molecule is O=C(O)c1ccc(OCc2cccc(F)c2)cc1[N+](=O)[O-]. The Morgan fingerprint density at radius 2 is 2.05 bits per heavy atom. The summed E-state index contributed by atoms with van der Waals surface area (Å²) < 4.78 is 18.3. The van der Waals surface area contributed by atoms with Gasteiger partial charge in [-0.1, -0.05) is 12.1 Å². The molecule has 2 rings (SSSR count). The summed E-state index contributed by atoms with van der Waals surface area (Å²) in [6.45, 7) is 0.0152. The molecule has 0 aliphatic carbocycles. The molecule has 6 nitrogen and oxygen atoms in total. The molecular formula is C14H10FNO5. The largest absolute Gasteiger partial charge is 0.489 e. The maximum atomic E-state index is 13.0. The molecule has 21 heavy (non-hydrogen) atoms. The van der Waals surface area contributed by atoms with Crippen molar-refractivity contribution in [1.29, 1.82) is 0 Å². The van der Waals surface area contributed by atoms with Crippen molar-refractivity contribution in [2.24, 2.45) is 0 Å². The van der Waals surface area contributed by atoms with Crippen LogP contribution in [0, 0.1) is 15.9 Å². The number of benzene rings is 2. The Kier molecular flexibility index (Phi) is 4.13. The van der Waals surface area contributed by atoms with Crippen LogP contribution in [-0.2, 0) is 6.61 Å². The smallest absolute Gasteiger partial charge is 0.342 e. The first-order chi connectivity index (χ1) is 9.97. The van der Waals surface area contributed by atoms with Gasteiger partial charge >= 0.3 is 5.97 Å². The minimum atomic E-state index is -1.39. The maximum Gasteiger partial charge on any atom is 0.342 e. The molecule has 108 valence electrons. The molecule has 0 unspecified atom stereocenters. The lowest BCUT2D eigenvalue weighted by atomic mass is 10.1. The van der Waals surface area contributed by atoms with Crippen molar-refractivity contribution in [2.75, 3.05) is 0 Å². The Morgan fingerprint density at radius 1 is 1.29 bits per heavy atom. The van der Waals surface area contributed by atoms with E-state index < -0.39 is 28.0 Å². The molecule has 7 heteroatoms. The number of nitro groups is 1. The summed E-state index contributed by atoms with van der Waals surface area (Å²) in [4.78, 5) is 20.9. The maximum absolute atomic E-state index is 13.0. The van der Waals surface area contributed by atoms with E-state index in [0.29, 0.717) is 5.56 Å². The first kappa shape index (κ1) is 14.4. The molecule has 2 aromatic rings. The number of nitro benzene ring substituents is 1. The number of rotatable bonds is 5. The van der Waals surface area contributed by atoms with E-state index in [4.69, 9.17) is 9.84 Å². The van der Waals surface area contributed by atoms with Gasteiger partial charge in [0.1, 0.15) is 23.7 Å². The summed E-state index contributed by atoms with van der Waals surface area (Å²) >= 11 is 0. The van der Waals surface area contributed by atoms with Crippen LogP contribution >= 0.6 is 0 Å². The Hall–Kier alpha value is -2.96. The number of halogens is 1. The van der Waals surface area contributed by atoms with E-state index in [-0.39, 0.29) is 12.4 Å². The highest BCUT2D eigenvalue weighted by atomic mass is 19.1. The minimum Gasteiger partial charge on any atom is -0.489 e. The van der Waals surface area contributed by atoms with Crippen LogP contribution in [0.5, 0.6) is 5.75 Å². The van der Waals surface area contributed by atoms with Crippen LogP contribution in [0.3, 0.4) is 0 Å². The van der Waals surface area contributed by atoms with Crippen molar-refractivity contribution in [3.8, 4) is 5.75 Å². The Bertz CT molecular complexity index is 702. The molecule has 1 N–H and O–H groups in total. The summed E-state index contributed by atoms with van der Waals surface area (Å²) in [5, 5.41) is 19.7. The Morgan fingerprint density at radius 3 is 2.67 bits per heavy atom. The predicted molar refractivity (Wildman–Crippen MR) is 70.8 cm³/mol. The van der Waals surface area contributed by atoms with Gasteiger partial charge in [0, 0.05) is 0 Å². The van der Waals surface area contributed by atoms with E-state index >= 15 is 0 Å². The molecule has 0 aliphatic rings. The first-order valence-corrected chi connectivity index (χ1v) is 5.86. The lowest BCUT2D eigenvalue weighted by Crippen LogP contribution is -2.03. The summed E-state index contributed by atoms with van der Waals surface area (Å²) in [6.07, 6.45) is 0. The highest BCUT2D eigenvalue weighted by Gasteiger charge is 2.20. The molecule has 0 radical (unpaired) electrons. The van der Waals surface area contributed by atoms with Crippen LogP contribution < -0.4 is 4.74 Å². The molecule has 0 bridgehead atoms. The highest BCUT2D eigenvalue weighted by molar-refractivity contribution is 5.92. The number of aromatic carboxylic acids is 1. The minimum absolute atomic E-state index is 0.0152. The first-order valence-electron chi connectivity index (χ1n) is 5.86. The molecule has 0 atom stereocenters. The van der Waals surface area contributed by atoms with Gasteiger partial charge in [-0.15, -0.1) is 0 Å². The second kappa shape index (κ2) is 6.00. The second-order valence-electron chi connectivity index (χ2n) is 4.16. The summed E-state index contributed by atoms with van der Waals surface area (Å²) in [5.41, 5.74) is -0.419. The Labute approximate surface area is 118 Å². The molecule has 0 aromatic heterocycles. The van der Waals surface area contributed by atoms with Gasteiger partial charge in [-0.2, -0.15) is 0 Å². The fourth-order valence-electron chi connectivity index (χ4n) is 1.73. The number of nitrogens with zero attached hydrogens (tertiary/aromatic N) is 1. The van der Waals surface area contributed by atoms with Crippen molar-refractivity contribution in [3.63, 3.8) is 0 Å². The van der Waals surface area contributed by atoms with E-state index in [0.717, 1.165) is 12.1 Å². The molecule has 0 aliphatic heterocycles. The molecule has 0 heterocycles. The third-order valence-corrected chi connectivity index (χ3v) is 2.69. The van der Waals surface area contributed by atoms with Gasteiger partial charge in [0.2, 0.25) is 0 Å². The fraction of sp³-hybridized carbons (Fsp3) is 0.0714. The second-order valence-corrected chi connectivity index (χ2v) is 4.16. The van der Waals surface area contributed by atoms with Gasteiger partial charge < -0.3 is 9.84 Å². The number of carboxylic acid groups (broad SMARTS) is 1. The fourth-order valence-corrected chi connectivity index (χ4v) is 1.73. The van der Waals surface area contributed by atoms with Crippen LogP contribution in [-0.4, -0.2) is 16.0 Å². The lowest BCUT2D eigenvalue weighted by Gasteiger charge is -2.07. The quantitative estimate of drug-likeness (QED) is 0.675. The van der Waals surface area contributed by atoms with Crippen molar-refractivity contribution in [1.82, 2.24) is 0 Å². The average Bonchev–Trinajstić information content (AvgIpc) is 2.44. The van der Waals surface area contributed by atoms with Crippen molar-refractivity contribution >= 4 is 11.7 Å². The zero-order valence-corrected chi connectivity index (χ0v) is 10.7.